The van der Waals surface area contributed by atoms with Crippen molar-refractivity contribution in [2.45, 2.75) is 59.7 Å². The van der Waals surface area contributed by atoms with E-state index < -0.39 is 0 Å². The number of rotatable bonds is 9. The largest absolute Gasteiger partial charge is 0.367 e. The number of imidazole rings is 2. The van der Waals surface area contributed by atoms with E-state index >= 15 is 0 Å². The molecule has 0 unspecified atom stereocenters. The summed E-state index contributed by atoms with van der Waals surface area (Å²) >= 11 is 0. The van der Waals surface area contributed by atoms with Gasteiger partial charge in [-0.15, -0.1) is 0 Å². The van der Waals surface area contributed by atoms with E-state index in [1.165, 1.54) is 0 Å². The van der Waals surface area contributed by atoms with Crippen LogP contribution in [0.1, 0.15) is 47.6 Å². The van der Waals surface area contributed by atoms with E-state index in [4.69, 9.17) is 15.0 Å². The van der Waals surface area contributed by atoms with Crippen molar-refractivity contribution in [2.24, 2.45) is 7.05 Å². The molecule has 0 saturated carbocycles. The normalized spacial score (nSPS) is 12.2. The molecule has 3 heterocycles. The monoisotopic (exact) mass is 449 g/mol. The first-order valence-electron chi connectivity index (χ1n) is 11.7. The van der Waals surface area contributed by atoms with Gasteiger partial charge in [0.15, 0.2) is 17.0 Å². The standard InChI is InChI=1S/C24H35N9/c1-15(2)32(16(3)4)13-12-25-21-20-22(33(14-26-20)17(5)6)29-23(28-21)30-24-27-18-10-8-9-11-19(18)31(24)7/h8-11,14-17H,12-13H2,1-7H3,(H2,25,27,28,29,30). The predicted octanol–water partition coefficient (Wildman–Crippen LogP) is 4.57. The maximum absolute atomic E-state index is 4.80. The zero-order valence-corrected chi connectivity index (χ0v) is 20.7. The van der Waals surface area contributed by atoms with E-state index in [1.54, 1.807) is 0 Å². The minimum atomic E-state index is 0.235. The fraction of sp³-hybridized carbons (Fsp3) is 0.500. The maximum atomic E-state index is 4.80. The van der Waals surface area contributed by atoms with Gasteiger partial charge in [-0.3, -0.25) is 10.2 Å². The topological polar surface area (TPSA) is 88.7 Å². The van der Waals surface area contributed by atoms with Crippen LogP contribution in [0.4, 0.5) is 17.7 Å². The number of aromatic nitrogens is 6. The van der Waals surface area contributed by atoms with Crippen molar-refractivity contribution in [3.8, 4) is 0 Å². The molecule has 0 saturated heterocycles. The van der Waals surface area contributed by atoms with Crippen LogP contribution >= 0.6 is 0 Å². The fourth-order valence-electron chi connectivity index (χ4n) is 4.25. The van der Waals surface area contributed by atoms with Crippen molar-refractivity contribution in [2.75, 3.05) is 23.7 Å². The average Bonchev–Trinajstić information content (AvgIpc) is 3.32. The molecule has 0 aliphatic heterocycles. The Morgan fingerprint density at radius 3 is 2.36 bits per heavy atom. The third-order valence-electron chi connectivity index (χ3n) is 5.98. The number of para-hydroxylation sites is 2. The van der Waals surface area contributed by atoms with E-state index in [2.05, 4.69) is 66.6 Å². The molecule has 3 aromatic heterocycles. The molecular weight excluding hydrogens is 414 g/mol. The minimum absolute atomic E-state index is 0.235. The van der Waals surface area contributed by atoms with E-state index in [0.29, 0.717) is 24.0 Å². The van der Waals surface area contributed by atoms with Gasteiger partial charge in [-0.25, -0.2) is 9.97 Å². The van der Waals surface area contributed by atoms with Gasteiger partial charge in [0.2, 0.25) is 11.9 Å². The van der Waals surface area contributed by atoms with Crippen molar-refractivity contribution >= 4 is 39.9 Å². The second kappa shape index (κ2) is 9.35. The molecule has 0 spiro atoms. The number of anilines is 3. The van der Waals surface area contributed by atoms with Crippen molar-refractivity contribution in [3.05, 3.63) is 30.6 Å². The average molecular weight is 450 g/mol. The summed E-state index contributed by atoms with van der Waals surface area (Å²) in [6, 6.07) is 9.24. The number of fused-ring (bicyclic) bond motifs is 2. The van der Waals surface area contributed by atoms with Crippen LogP contribution in [0, 0.1) is 0 Å². The van der Waals surface area contributed by atoms with Crippen molar-refractivity contribution in [1.82, 2.24) is 34.0 Å². The second-order valence-electron chi connectivity index (χ2n) is 9.27. The van der Waals surface area contributed by atoms with Gasteiger partial charge in [0.05, 0.1) is 17.4 Å². The summed E-state index contributed by atoms with van der Waals surface area (Å²) in [5.41, 5.74) is 3.55. The number of nitrogens with one attached hydrogen (secondary N) is 2. The lowest BCUT2D eigenvalue weighted by Gasteiger charge is -2.30. The number of benzene rings is 1. The molecule has 0 radical (unpaired) electrons. The molecule has 1 aromatic carbocycles. The Hall–Kier alpha value is -3.20. The SMILES string of the molecule is CC(C)N(CCNc1nc(Nc2nc3ccccc3n2C)nc2c1ncn2C(C)C)C(C)C. The Morgan fingerprint density at radius 1 is 0.970 bits per heavy atom. The summed E-state index contributed by atoms with van der Waals surface area (Å²) in [7, 11) is 1.99. The first kappa shape index (κ1) is 23.0. The highest BCUT2D eigenvalue weighted by Crippen LogP contribution is 2.26. The van der Waals surface area contributed by atoms with Gasteiger partial charge in [0, 0.05) is 38.3 Å². The van der Waals surface area contributed by atoms with E-state index in [9.17, 15) is 0 Å². The molecule has 4 rings (SSSR count). The van der Waals surface area contributed by atoms with Crippen LogP contribution in [-0.4, -0.2) is 59.1 Å². The van der Waals surface area contributed by atoms with Crippen LogP contribution < -0.4 is 10.6 Å². The molecular formula is C24H35N9. The van der Waals surface area contributed by atoms with Gasteiger partial charge in [-0.1, -0.05) is 12.1 Å². The molecule has 0 aliphatic rings. The summed E-state index contributed by atoms with van der Waals surface area (Å²) in [4.78, 5) is 21.4. The lowest BCUT2D eigenvalue weighted by Crippen LogP contribution is -2.40. The molecule has 4 aromatic rings. The molecule has 0 bridgehead atoms. The van der Waals surface area contributed by atoms with E-state index in [0.717, 1.165) is 41.1 Å². The maximum Gasteiger partial charge on any atom is 0.233 e. The molecule has 0 fully saturated rings. The molecule has 9 nitrogen and oxygen atoms in total. The Kier molecular flexibility index (Phi) is 6.51. The van der Waals surface area contributed by atoms with Gasteiger partial charge in [0.1, 0.15) is 0 Å². The van der Waals surface area contributed by atoms with Crippen molar-refractivity contribution < 1.29 is 0 Å². The quantitative estimate of drug-likeness (QED) is 0.387. The van der Waals surface area contributed by atoms with Gasteiger partial charge in [0.25, 0.3) is 0 Å². The van der Waals surface area contributed by atoms with Crippen LogP contribution in [-0.2, 0) is 7.05 Å². The van der Waals surface area contributed by atoms with Gasteiger partial charge in [-0.2, -0.15) is 9.97 Å². The first-order chi connectivity index (χ1) is 15.8. The smallest absolute Gasteiger partial charge is 0.233 e. The Bertz CT molecular complexity index is 1230. The highest BCUT2D eigenvalue weighted by atomic mass is 15.3. The van der Waals surface area contributed by atoms with Crippen LogP contribution in [0.15, 0.2) is 30.6 Å². The Balaban J connectivity index is 1.66. The molecule has 2 N–H and O–H groups in total. The van der Waals surface area contributed by atoms with Gasteiger partial charge in [-0.05, 0) is 53.7 Å². The van der Waals surface area contributed by atoms with Crippen LogP contribution in [0.2, 0.25) is 0 Å². The van der Waals surface area contributed by atoms with Crippen LogP contribution in [0.25, 0.3) is 22.2 Å². The number of aryl methyl sites for hydroxylation is 1. The minimum Gasteiger partial charge on any atom is -0.367 e. The first-order valence-corrected chi connectivity index (χ1v) is 11.7. The number of hydrogen-bond donors (Lipinski definition) is 2. The molecule has 0 amide bonds. The second-order valence-corrected chi connectivity index (χ2v) is 9.27. The lowest BCUT2D eigenvalue weighted by molar-refractivity contribution is 0.182. The van der Waals surface area contributed by atoms with Gasteiger partial charge < -0.3 is 14.5 Å². The molecule has 176 valence electrons. The zero-order valence-electron chi connectivity index (χ0n) is 20.7. The summed E-state index contributed by atoms with van der Waals surface area (Å²) in [6.45, 7) is 14.8. The highest BCUT2D eigenvalue weighted by molar-refractivity contribution is 5.85. The Labute approximate surface area is 195 Å². The van der Waals surface area contributed by atoms with Crippen molar-refractivity contribution in [1.29, 1.82) is 0 Å². The Morgan fingerprint density at radius 2 is 1.70 bits per heavy atom. The van der Waals surface area contributed by atoms with Crippen molar-refractivity contribution in [3.63, 3.8) is 0 Å². The van der Waals surface area contributed by atoms with E-state index in [-0.39, 0.29) is 6.04 Å². The third kappa shape index (κ3) is 4.64. The van der Waals surface area contributed by atoms with E-state index in [1.807, 2.05) is 42.2 Å². The zero-order chi connectivity index (χ0) is 23.7. The van der Waals surface area contributed by atoms with Crippen LogP contribution in [0.3, 0.4) is 0 Å². The summed E-state index contributed by atoms with van der Waals surface area (Å²) < 4.78 is 4.08. The van der Waals surface area contributed by atoms with Gasteiger partial charge >= 0.3 is 0 Å². The highest BCUT2D eigenvalue weighted by Gasteiger charge is 2.18. The molecule has 9 heteroatoms. The number of nitrogens with zero attached hydrogens (tertiary/aromatic N) is 7. The third-order valence-corrected chi connectivity index (χ3v) is 5.98. The summed E-state index contributed by atoms with van der Waals surface area (Å²) in [6.07, 6.45) is 1.84. The molecule has 0 aliphatic carbocycles. The lowest BCUT2D eigenvalue weighted by atomic mass is 10.2. The molecule has 33 heavy (non-hydrogen) atoms. The van der Waals surface area contributed by atoms with Crippen LogP contribution in [0.5, 0.6) is 0 Å². The summed E-state index contributed by atoms with van der Waals surface area (Å²) in [5.74, 6) is 1.92. The fourth-order valence-corrected chi connectivity index (χ4v) is 4.25. The predicted molar refractivity (Wildman–Crippen MR) is 135 cm³/mol. The number of hydrogen-bond acceptors (Lipinski definition) is 7. The summed E-state index contributed by atoms with van der Waals surface area (Å²) in [5, 5.41) is 6.84. The molecule has 0 atom stereocenters.